The molecule has 0 heterocycles. The Bertz CT molecular complexity index is 1230. The van der Waals surface area contributed by atoms with Crippen LogP contribution in [-0.4, -0.2) is 37.2 Å². The molecule has 0 aromatic heterocycles. The number of carbonyl (C=O) groups is 3. The van der Waals surface area contributed by atoms with Crippen molar-refractivity contribution in [1.29, 1.82) is 0 Å². The van der Waals surface area contributed by atoms with E-state index in [1.165, 1.54) is 161 Å². The SMILES string of the molecule is CC/C=C\C/C=C\C/C=C\C/C=C\C/C=C\CCCCCCCCCC(=O)OCC(COC(=O)CCCCCCCCCCCCCC)OC(=O)CCCCCCCCCCCCCCCCC. The first kappa shape index (κ1) is 65.1. The molecule has 0 saturated heterocycles. The third-order valence-corrected chi connectivity index (χ3v) is 12.8. The summed E-state index contributed by atoms with van der Waals surface area (Å²) in [6, 6.07) is 0. The zero-order valence-corrected chi connectivity index (χ0v) is 45.1. The Morgan fingerprint density at radius 1 is 0.309 bits per heavy atom. The fourth-order valence-electron chi connectivity index (χ4n) is 8.41. The molecule has 0 fully saturated rings. The van der Waals surface area contributed by atoms with Crippen LogP contribution in [0.25, 0.3) is 0 Å². The van der Waals surface area contributed by atoms with Crippen molar-refractivity contribution in [3.8, 4) is 0 Å². The van der Waals surface area contributed by atoms with Crippen molar-refractivity contribution in [3.63, 3.8) is 0 Å². The number of ether oxygens (including phenoxy) is 3. The zero-order chi connectivity index (χ0) is 49.3. The predicted octanol–water partition coefficient (Wildman–Crippen LogP) is 19.6. The summed E-state index contributed by atoms with van der Waals surface area (Å²) in [5.41, 5.74) is 0. The molecule has 1 atom stereocenters. The summed E-state index contributed by atoms with van der Waals surface area (Å²) in [5, 5.41) is 0. The Morgan fingerprint density at radius 3 is 0.897 bits per heavy atom. The Morgan fingerprint density at radius 2 is 0.574 bits per heavy atom. The van der Waals surface area contributed by atoms with Gasteiger partial charge in [-0.15, -0.1) is 0 Å². The van der Waals surface area contributed by atoms with Gasteiger partial charge in [0, 0.05) is 19.3 Å². The molecule has 0 amide bonds. The van der Waals surface area contributed by atoms with Crippen LogP contribution in [-0.2, 0) is 28.6 Å². The van der Waals surface area contributed by atoms with Gasteiger partial charge in [0.25, 0.3) is 0 Å². The van der Waals surface area contributed by atoms with Crippen LogP contribution in [0, 0.1) is 0 Å². The first-order valence-electron chi connectivity index (χ1n) is 29.3. The number of hydrogen-bond donors (Lipinski definition) is 0. The second kappa shape index (κ2) is 56.7. The number of unbranched alkanes of at least 4 members (excludes halogenated alkanes) is 32. The molecular formula is C62H110O6. The lowest BCUT2D eigenvalue weighted by atomic mass is 10.0. The molecule has 0 N–H and O–H groups in total. The van der Waals surface area contributed by atoms with Crippen LogP contribution < -0.4 is 0 Å². The molecule has 0 aliphatic heterocycles. The summed E-state index contributed by atoms with van der Waals surface area (Å²) in [6.07, 6.45) is 70.7. The summed E-state index contributed by atoms with van der Waals surface area (Å²) in [6.45, 7) is 6.55. The van der Waals surface area contributed by atoms with E-state index in [1.807, 2.05) is 0 Å². The largest absolute Gasteiger partial charge is 0.462 e. The average Bonchev–Trinajstić information content (AvgIpc) is 3.34. The van der Waals surface area contributed by atoms with Gasteiger partial charge in [-0.25, -0.2) is 0 Å². The summed E-state index contributed by atoms with van der Waals surface area (Å²) in [7, 11) is 0. The second-order valence-electron chi connectivity index (χ2n) is 19.5. The minimum Gasteiger partial charge on any atom is -0.462 e. The molecule has 0 bridgehead atoms. The molecule has 394 valence electrons. The number of carbonyl (C=O) groups excluding carboxylic acids is 3. The van der Waals surface area contributed by atoms with Crippen molar-refractivity contribution in [1.82, 2.24) is 0 Å². The molecule has 0 aliphatic carbocycles. The molecule has 0 saturated carbocycles. The van der Waals surface area contributed by atoms with E-state index >= 15 is 0 Å². The van der Waals surface area contributed by atoms with Gasteiger partial charge in [-0.3, -0.25) is 14.4 Å². The maximum atomic E-state index is 12.8. The van der Waals surface area contributed by atoms with Gasteiger partial charge in [-0.2, -0.15) is 0 Å². The van der Waals surface area contributed by atoms with E-state index in [9.17, 15) is 14.4 Å². The number of allylic oxidation sites excluding steroid dienone is 10. The highest BCUT2D eigenvalue weighted by Gasteiger charge is 2.19. The van der Waals surface area contributed by atoms with E-state index in [-0.39, 0.29) is 31.1 Å². The third-order valence-electron chi connectivity index (χ3n) is 12.8. The molecule has 0 aromatic rings. The fraction of sp³-hybridized carbons (Fsp3) is 0.790. The van der Waals surface area contributed by atoms with Crippen LogP contribution >= 0.6 is 0 Å². The Labute approximate surface area is 421 Å². The van der Waals surface area contributed by atoms with Crippen molar-refractivity contribution >= 4 is 17.9 Å². The monoisotopic (exact) mass is 951 g/mol. The van der Waals surface area contributed by atoms with Crippen molar-refractivity contribution < 1.29 is 28.6 Å². The van der Waals surface area contributed by atoms with E-state index < -0.39 is 6.10 Å². The minimum atomic E-state index is -0.775. The van der Waals surface area contributed by atoms with Gasteiger partial charge < -0.3 is 14.2 Å². The van der Waals surface area contributed by atoms with Crippen LogP contribution in [0.15, 0.2) is 60.8 Å². The standard InChI is InChI=1S/C62H110O6/c1-4-7-10-13-16-19-22-25-27-28-29-30-31-32-33-34-36-37-40-43-46-49-52-55-61(64)67-58-59(57-66-60(63)54-51-48-45-42-39-24-21-18-15-12-9-6-3)68-62(65)56-53-50-47-44-41-38-35-26-23-20-17-14-11-8-5-2/h7,10,16,19,25,27,29-30,32-33,59H,4-6,8-9,11-15,17-18,20-24,26,28,31,34-58H2,1-3H3/b10-7-,19-16-,27-25-,30-29-,33-32-. The van der Waals surface area contributed by atoms with E-state index in [0.29, 0.717) is 19.3 Å². The quantitative estimate of drug-likeness (QED) is 0.0262. The fourth-order valence-corrected chi connectivity index (χ4v) is 8.41. The maximum Gasteiger partial charge on any atom is 0.306 e. The van der Waals surface area contributed by atoms with Gasteiger partial charge in [0.1, 0.15) is 13.2 Å². The van der Waals surface area contributed by atoms with Crippen molar-refractivity contribution in [2.45, 2.75) is 303 Å². The molecule has 68 heavy (non-hydrogen) atoms. The summed E-state index contributed by atoms with van der Waals surface area (Å²) in [4.78, 5) is 38.1. The van der Waals surface area contributed by atoms with Crippen LogP contribution in [0.2, 0.25) is 0 Å². The second-order valence-corrected chi connectivity index (χ2v) is 19.5. The minimum absolute atomic E-state index is 0.0734. The number of hydrogen-bond acceptors (Lipinski definition) is 6. The van der Waals surface area contributed by atoms with E-state index in [2.05, 4.69) is 81.5 Å². The summed E-state index contributed by atoms with van der Waals surface area (Å²) in [5.74, 6) is -0.870. The first-order valence-corrected chi connectivity index (χ1v) is 29.3. The molecule has 1 unspecified atom stereocenters. The lowest BCUT2D eigenvalue weighted by Gasteiger charge is -2.18. The Kier molecular flexibility index (Phi) is 54.3. The van der Waals surface area contributed by atoms with Crippen LogP contribution in [0.3, 0.4) is 0 Å². The number of rotatable bonds is 53. The normalized spacial score (nSPS) is 12.5. The lowest BCUT2D eigenvalue weighted by molar-refractivity contribution is -0.167. The van der Waals surface area contributed by atoms with Gasteiger partial charge in [0.2, 0.25) is 0 Å². The molecule has 0 spiro atoms. The molecule has 6 heteroatoms. The van der Waals surface area contributed by atoms with Crippen LogP contribution in [0.1, 0.15) is 297 Å². The maximum absolute atomic E-state index is 12.8. The molecule has 0 radical (unpaired) electrons. The highest BCUT2D eigenvalue weighted by molar-refractivity contribution is 5.71. The molecule has 6 nitrogen and oxygen atoms in total. The molecule has 0 aliphatic rings. The topological polar surface area (TPSA) is 78.9 Å². The van der Waals surface area contributed by atoms with Crippen LogP contribution in [0.5, 0.6) is 0 Å². The zero-order valence-electron chi connectivity index (χ0n) is 45.1. The highest BCUT2D eigenvalue weighted by atomic mass is 16.6. The predicted molar refractivity (Wildman–Crippen MR) is 293 cm³/mol. The van der Waals surface area contributed by atoms with Crippen molar-refractivity contribution in [3.05, 3.63) is 60.8 Å². The van der Waals surface area contributed by atoms with Gasteiger partial charge in [-0.1, -0.05) is 274 Å². The van der Waals surface area contributed by atoms with Gasteiger partial charge in [-0.05, 0) is 64.2 Å². The van der Waals surface area contributed by atoms with Crippen molar-refractivity contribution in [2.75, 3.05) is 13.2 Å². The van der Waals surface area contributed by atoms with Crippen molar-refractivity contribution in [2.24, 2.45) is 0 Å². The summed E-state index contributed by atoms with van der Waals surface area (Å²) >= 11 is 0. The van der Waals surface area contributed by atoms with E-state index in [1.54, 1.807) is 0 Å². The van der Waals surface area contributed by atoms with Gasteiger partial charge in [0.15, 0.2) is 6.10 Å². The molecule has 0 aromatic carbocycles. The summed E-state index contributed by atoms with van der Waals surface area (Å²) < 4.78 is 16.9. The average molecular weight is 952 g/mol. The first-order chi connectivity index (χ1) is 33.5. The van der Waals surface area contributed by atoms with Gasteiger partial charge >= 0.3 is 17.9 Å². The highest BCUT2D eigenvalue weighted by Crippen LogP contribution is 2.16. The van der Waals surface area contributed by atoms with E-state index in [4.69, 9.17) is 14.2 Å². The lowest BCUT2D eigenvalue weighted by Crippen LogP contribution is -2.30. The number of esters is 3. The van der Waals surface area contributed by atoms with Crippen LogP contribution in [0.4, 0.5) is 0 Å². The van der Waals surface area contributed by atoms with Gasteiger partial charge in [0.05, 0.1) is 0 Å². The smallest absolute Gasteiger partial charge is 0.306 e. The molecule has 0 rings (SSSR count). The van der Waals surface area contributed by atoms with E-state index in [0.717, 1.165) is 96.3 Å². The third kappa shape index (κ3) is 54.1. The Hall–Kier alpha value is -2.89. The molecular weight excluding hydrogens is 841 g/mol. The Balaban J connectivity index is 4.32.